The Morgan fingerprint density at radius 3 is 2.45 bits per heavy atom. The second kappa shape index (κ2) is 11.5. The molecule has 0 fully saturated rings. The van der Waals surface area contributed by atoms with E-state index in [0.29, 0.717) is 17.2 Å². The lowest BCUT2D eigenvalue weighted by molar-refractivity contribution is 0.591. The zero-order valence-corrected chi connectivity index (χ0v) is 23.2. The standard InChI is InChI=1S/C28H23BrClN5O2S/c29-24-19-32-35-27(16-26(34-28(24)35)23-11-4-5-12-25(23)30)31-17-21-9-6-10-22(15-21)18-33-38(36,37)14-13-20-7-2-1-3-8-20/h1-16,19,31,33H,17-18H2. The number of anilines is 1. The van der Waals surface area contributed by atoms with Crippen molar-refractivity contribution in [3.05, 3.63) is 123 Å². The van der Waals surface area contributed by atoms with Gasteiger partial charge in [0.25, 0.3) is 0 Å². The summed E-state index contributed by atoms with van der Waals surface area (Å²) in [6.45, 7) is 0.671. The van der Waals surface area contributed by atoms with E-state index in [0.717, 1.165) is 38.2 Å². The van der Waals surface area contributed by atoms with Gasteiger partial charge in [-0.1, -0.05) is 84.4 Å². The molecule has 2 N–H and O–H groups in total. The van der Waals surface area contributed by atoms with Gasteiger partial charge in [-0.05, 0) is 44.8 Å². The SMILES string of the molecule is O=S(=O)(C=Cc1ccccc1)NCc1cccc(CNc2cc(-c3ccccc3Cl)nc3c(Br)cnn23)c1. The van der Waals surface area contributed by atoms with Crippen molar-refractivity contribution >= 4 is 55.1 Å². The zero-order valence-electron chi connectivity index (χ0n) is 20.1. The van der Waals surface area contributed by atoms with Crippen molar-refractivity contribution in [2.24, 2.45) is 0 Å². The van der Waals surface area contributed by atoms with Gasteiger partial charge >= 0.3 is 0 Å². The van der Waals surface area contributed by atoms with Crippen molar-refractivity contribution in [2.45, 2.75) is 13.1 Å². The van der Waals surface area contributed by atoms with E-state index in [1.807, 2.05) is 84.9 Å². The maximum absolute atomic E-state index is 12.4. The summed E-state index contributed by atoms with van der Waals surface area (Å²) >= 11 is 9.95. The van der Waals surface area contributed by atoms with Crippen molar-refractivity contribution < 1.29 is 8.42 Å². The van der Waals surface area contributed by atoms with Crippen LogP contribution in [0.5, 0.6) is 0 Å². The highest BCUT2D eigenvalue weighted by Crippen LogP contribution is 2.30. The predicted molar refractivity (Wildman–Crippen MR) is 156 cm³/mol. The number of benzene rings is 3. The molecule has 7 nitrogen and oxygen atoms in total. The molecule has 0 aliphatic carbocycles. The van der Waals surface area contributed by atoms with Crippen LogP contribution in [0, 0.1) is 0 Å². The fourth-order valence-electron chi connectivity index (χ4n) is 3.88. The van der Waals surface area contributed by atoms with Crippen molar-refractivity contribution in [1.82, 2.24) is 19.3 Å². The zero-order chi connectivity index (χ0) is 26.5. The van der Waals surface area contributed by atoms with E-state index in [2.05, 4.69) is 31.1 Å². The monoisotopic (exact) mass is 607 g/mol. The van der Waals surface area contributed by atoms with E-state index < -0.39 is 10.0 Å². The highest BCUT2D eigenvalue weighted by atomic mass is 79.9. The van der Waals surface area contributed by atoms with Crippen LogP contribution in [0.2, 0.25) is 5.02 Å². The summed E-state index contributed by atoms with van der Waals surface area (Å²) in [6, 6.07) is 26.5. The van der Waals surface area contributed by atoms with Crippen molar-refractivity contribution in [1.29, 1.82) is 0 Å². The van der Waals surface area contributed by atoms with Crippen LogP contribution < -0.4 is 10.0 Å². The van der Waals surface area contributed by atoms with Gasteiger partial charge in [-0.3, -0.25) is 0 Å². The minimum atomic E-state index is -3.58. The summed E-state index contributed by atoms with van der Waals surface area (Å²) in [6.07, 6.45) is 3.27. The molecule has 0 spiro atoms. The lowest BCUT2D eigenvalue weighted by Gasteiger charge is -2.12. The molecule has 0 aliphatic heterocycles. The Labute approximate surface area is 234 Å². The normalized spacial score (nSPS) is 11.8. The molecule has 0 atom stereocenters. The topological polar surface area (TPSA) is 88.4 Å². The second-order valence-electron chi connectivity index (χ2n) is 8.49. The highest BCUT2D eigenvalue weighted by molar-refractivity contribution is 9.10. The smallest absolute Gasteiger partial charge is 0.234 e. The minimum absolute atomic E-state index is 0.178. The van der Waals surface area contributed by atoms with Gasteiger partial charge in [-0.15, -0.1) is 0 Å². The Bertz CT molecular complexity index is 1720. The number of aromatic nitrogens is 3. The van der Waals surface area contributed by atoms with Crippen LogP contribution in [0.4, 0.5) is 5.82 Å². The molecule has 0 saturated heterocycles. The fourth-order valence-corrected chi connectivity index (χ4v) is 5.26. The summed E-state index contributed by atoms with van der Waals surface area (Å²) in [7, 11) is -3.58. The van der Waals surface area contributed by atoms with Crippen LogP contribution in [0.3, 0.4) is 0 Å². The number of sulfonamides is 1. The van der Waals surface area contributed by atoms with Crippen LogP contribution >= 0.6 is 27.5 Å². The molecule has 5 rings (SSSR count). The molecule has 0 bridgehead atoms. The third-order valence-electron chi connectivity index (χ3n) is 5.76. The first kappa shape index (κ1) is 26.1. The van der Waals surface area contributed by atoms with Crippen molar-refractivity contribution in [3.8, 4) is 11.3 Å². The molecule has 0 unspecified atom stereocenters. The Morgan fingerprint density at radius 1 is 0.921 bits per heavy atom. The molecular weight excluding hydrogens is 586 g/mol. The van der Waals surface area contributed by atoms with Gasteiger partial charge < -0.3 is 5.32 Å². The average molecular weight is 609 g/mol. The molecule has 5 aromatic rings. The summed E-state index contributed by atoms with van der Waals surface area (Å²) in [5.41, 5.74) is 4.85. The van der Waals surface area contributed by atoms with Crippen molar-refractivity contribution in [2.75, 3.05) is 5.32 Å². The molecule has 3 aromatic carbocycles. The molecule has 2 heterocycles. The van der Waals surface area contributed by atoms with Crippen LogP contribution in [-0.2, 0) is 23.1 Å². The van der Waals surface area contributed by atoms with E-state index in [1.54, 1.807) is 16.8 Å². The lowest BCUT2D eigenvalue weighted by atomic mass is 10.1. The quantitative estimate of drug-likeness (QED) is 0.199. The van der Waals surface area contributed by atoms with E-state index in [-0.39, 0.29) is 6.54 Å². The Kier molecular flexibility index (Phi) is 7.90. The summed E-state index contributed by atoms with van der Waals surface area (Å²) < 4.78 is 30.0. The number of fused-ring (bicyclic) bond motifs is 1. The third-order valence-corrected chi connectivity index (χ3v) is 7.69. The molecule has 0 saturated carbocycles. The number of hydrogen-bond donors (Lipinski definition) is 2. The Hall–Kier alpha value is -3.50. The minimum Gasteiger partial charge on any atom is -0.366 e. The first-order valence-electron chi connectivity index (χ1n) is 11.7. The largest absolute Gasteiger partial charge is 0.366 e. The number of halogens is 2. The Balaban J connectivity index is 1.31. The molecule has 0 radical (unpaired) electrons. The summed E-state index contributed by atoms with van der Waals surface area (Å²) in [5.74, 6) is 0.743. The number of nitrogens with zero attached hydrogens (tertiary/aromatic N) is 3. The molecule has 10 heteroatoms. The molecule has 38 heavy (non-hydrogen) atoms. The fraction of sp³-hybridized carbons (Fsp3) is 0.0714. The van der Waals surface area contributed by atoms with Gasteiger partial charge in [0, 0.05) is 35.2 Å². The first-order valence-corrected chi connectivity index (χ1v) is 14.4. The average Bonchev–Trinajstić information content (AvgIpc) is 3.31. The van der Waals surface area contributed by atoms with Gasteiger partial charge in [-0.25, -0.2) is 18.1 Å². The molecule has 2 aromatic heterocycles. The molecule has 0 aliphatic rings. The van der Waals surface area contributed by atoms with Crippen LogP contribution in [0.25, 0.3) is 23.0 Å². The van der Waals surface area contributed by atoms with E-state index in [1.165, 1.54) is 5.41 Å². The number of rotatable bonds is 9. The van der Waals surface area contributed by atoms with Crippen molar-refractivity contribution in [3.63, 3.8) is 0 Å². The lowest BCUT2D eigenvalue weighted by Crippen LogP contribution is -2.20. The Morgan fingerprint density at radius 2 is 1.66 bits per heavy atom. The maximum atomic E-state index is 12.4. The van der Waals surface area contributed by atoms with Gasteiger partial charge in [0.1, 0.15) is 5.82 Å². The van der Waals surface area contributed by atoms with Gasteiger partial charge in [0.15, 0.2) is 5.65 Å². The van der Waals surface area contributed by atoms with Crippen LogP contribution in [-0.4, -0.2) is 23.0 Å². The van der Waals surface area contributed by atoms with E-state index in [9.17, 15) is 8.42 Å². The van der Waals surface area contributed by atoms with Gasteiger partial charge in [-0.2, -0.15) is 9.61 Å². The highest BCUT2D eigenvalue weighted by Gasteiger charge is 2.13. The first-order chi connectivity index (χ1) is 18.4. The number of hydrogen-bond acceptors (Lipinski definition) is 5. The van der Waals surface area contributed by atoms with Crippen LogP contribution in [0.1, 0.15) is 16.7 Å². The summed E-state index contributed by atoms with van der Waals surface area (Å²) in [5, 5.41) is 9.65. The van der Waals surface area contributed by atoms with Crippen LogP contribution in [0.15, 0.2) is 101 Å². The molecule has 0 amide bonds. The predicted octanol–water partition coefficient (Wildman–Crippen LogP) is 6.51. The second-order valence-corrected chi connectivity index (χ2v) is 11.4. The third kappa shape index (κ3) is 6.31. The van der Waals surface area contributed by atoms with Gasteiger partial charge in [0.05, 0.1) is 16.4 Å². The summed E-state index contributed by atoms with van der Waals surface area (Å²) in [4.78, 5) is 4.74. The van der Waals surface area contributed by atoms with E-state index >= 15 is 0 Å². The molecule has 192 valence electrons. The molecular formula is C28H23BrClN5O2S. The number of nitrogens with one attached hydrogen (secondary N) is 2. The van der Waals surface area contributed by atoms with Gasteiger partial charge in [0.2, 0.25) is 10.0 Å². The maximum Gasteiger partial charge on any atom is 0.234 e. The van der Waals surface area contributed by atoms with E-state index in [4.69, 9.17) is 16.6 Å².